The molecule has 3 aromatic rings. The predicted octanol–water partition coefficient (Wildman–Crippen LogP) is 6.04. The minimum absolute atomic E-state index is 0.189. The van der Waals surface area contributed by atoms with Crippen molar-refractivity contribution in [2.24, 2.45) is 0 Å². The highest BCUT2D eigenvalue weighted by atomic mass is 79.9. The van der Waals surface area contributed by atoms with E-state index in [2.05, 4.69) is 36.6 Å². The minimum atomic E-state index is -3.64. The van der Waals surface area contributed by atoms with Gasteiger partial charge in [-0.05, 0) is 73.2 Å². The normalized spacial score (nSPS) is 12.6. The fraction of sp³-hybridized carbons (Fsp3) is 0.100. The van der Waals surface area contributed by atoms with E-state index < -0.39 is 10.0 Å². The van der Waals surface area contributed by atoms with Gasteiger partial charge in [0.15, 0.2) is 0 Å². The van der Waals surface area contributed by atoms with Crippen LogP contribution < -0.4 is 9.46 Å². The van der Waals surface area contributed by atoms with E-state index in [4.69, 9.17) is 4.74 Å². The van der Waals surface area contributed by atoms with Gasteiger partial charge in [-0.15, -0.1) is 0 Å². The van der Waals surface area contributed by atoms with Gasteiger partial charge in [-0.1, -0.05) is 44.0 Å². The third-order valence-electron chi connectivity index (χ3n) is 3.89. The molecule has 1 unspecified atom stereocenters. The molecule has 1 N–H and O–H groups in total. The first-order chi connectivity index (χ1) is 12.8. The standard InChI is InChI=1S/C20H17Br2NO3S/c1-14(15-2-4-16(21)5-3-15)23-27(24,25)20-12-10-19(11-13-20)26-18-8-6-17(22)7-9-18/h2-14,23H,1H3. The summed E-state index contributed by atoms with van der Waals surface area (Å²) in [6.07, 6.45) is 0. The highest BCUT2D eigenvalue weighted by Gasteiger charge is 2.18. The molecule has 0 spiro atoms. The summed E-state index contributed by atoms with van der Waals surface area (Å²) >= 11 is 6.74. The number of hydrogen-bond acceptors (Lipinski definition) is 3. The lowest BCUT2D eigenvalue weighted by Crippen LogP contribution is -2.26. The van der Waals surface area contributed by atoms with Gasteiger partial charge in [0.25, 0.3) is 0 Å². The molecule has 140 valence electrons. The molecule has 0 radical (unpaired) electrons. The Labute approximate surface area is 175 Å². The highest BCUT2D eigenvalue weighted by molar-refractivity contribution is 9.10. The van der Waals surface area contributed by atoms with Gasteiger partial charge in [-0.3, -0.25) is 0 Å². The largest absolute Gasteiger partial charge is 0.457 e. The van der Waals surface area contributed by atoms with E-state index in [1.165, 1.54) is 12.1 Å². The summed E-state index contributed by atoms with van der Waals surface area (Å²) in [5.41, 5.74) is 0.886. The Bertz CT molecular complexity index is 1000. The summed E-state index contributed by atoms with van der Waals surface area (Å²) in [4.78, 5) is 0.189. The second-order valence-corrected chi connectivity index (χ2v) is 9.47. The topological polar surface area (TPSA) is 55.4 Å². The Morgan fingerprint density at radius 3 is 1.74 bits per heavy atom. The molecule has 0 bridgehead atoms. The molecule has 0 amide bonds. The molecule has 1 atom stereocenters. The van der Waals surface area contributed by atoms with Crippen LogP contribution in [0, 0.1) is 0 Å². The maximum atomic E-state index is 12.6. The van der Waals surface area contributed by atoms with Crippen molar-refractivity contribution in [1.82, 2.24) is 4.72 Å². The van der Waals surface area contributed by atoms with Crippen molar-refractivity contribution in [2.45, 2.75) is 17.9 Å². The van der Waals surface area contributed by atoms with Gasteiger partial charge in [0, 0.05) is 15.0 Å². The van der Waals surface area contributed by atoms with Crippen molar-refractivity contribution in [2.75, 3.05) is 0 Å². The third kappa shape index (κ3) is 5.42. The average molecular weight is 511 g/mol. The third-order valence-corrected chi connectivity index (χ3v) is 6.50. The number of hydrogen-bond donors (Lipinski definition) is 1. The van der Waals surface area contributed by atoms with Gasteiger partial charge < -0.3 is 4.74 Å². The molecule has 0 aromatic heterocycles. The minimum Gasteiger partial charge on any atom is -0.457 e. The number of sulfonamides is 1. The van der Waals surface area contributed by atoms with Crippen LogP contribution >= 0.6 is 31.9 Å². The Hall–Kier alpha value is -1.67. The Morgan fingerprint density at radius 2 is 1.22 bits per heavy atom. The van der Waals surface area contributed by atoms with E-state index in [1.54, 1.807) is 12.1 Å². The Morgan fingerprint density at radius 1 is 0.778 bits per heavy atom. The maximum Gasteiger partial charge on any atom is 0.241 e. The van der Waals surface area contributed by atoms with Crippen LogP contribution in [0.15, 0.2) is 86.6 Å². The highest BCUT2D eigenvalue weighted by Crippen LogP contribution is 2.25. The smallest absolute Gasteiger partial charge is 0.241 e. The van der Waals surface area contributed by atoms with E-state index >= 15 is 0 Å². The van der Waals surface area contributed by atoms with Gasteiger partial charge in [0.1, 0.15) is 11.5 Å². The molecule has 0 aliphatic carbocycles. The van der Waals surface area contributed by atoms with Crippen molar-refractivity contribution in [1.29, 1.82) is 0 Å². The zero-order valence-corrected chi connectivity index (χ0v) is 18.4. The average Bonchev–Trinajstić information content (AvgIpc) is 2.64. The lowest BCUT2D eigenvalue weighted by atomic mass is 10.1. The Kier molecular flexibility index (Phi) is 6.37. The molecule has 0 fully saturated rings. The van der Waals surface area contributed by atoms with Crippen LogP contribution in [0.4, 0.5) is 0 Å². The summed E-state index contributed by atoms with van der Waals surface area (Å²) in [7, 11) is -3.64. The zero-order chi connectivity index (χ0) is 19.4. The quantitative estimate of drug-likeness (QED) is 0.439. The van der Waals surface area contributed by atoms with Crippen molar-refractivity contribution < 1.29 is 13.2 Å². The number of nitrogens with one attached hydrogen (secondary N) is 1. The van der Waals surface area contributed by atoms with Crippen LogP contribution in [0.5, 0.6) is 11.5 Å². The molecule has 3 rings (SSSR count). The van der Waals surface area contributed by atoms with E-state index in [9.17, 15) is 8.42 Å². The number of halogens is 2. The fourth-order valence-electron chi connectivity index (χ4n) is 2.45. The van der Waals surface area contributed by atoms with E-state index in [0.717, 1.165) is 14.5 Å². The molecule has 0 heterocycles. The van der Waals surface area contributed by atoms with Crippen LogP contribution in [0.3, 0.4) is 0 Å². The molecule has 4 nitrogen and oxygen atoms in total. The molecular weight excluding hydrogens is 494 g/mol. The van der Waals surface area contributed by atoms with E-state index in [-0.39, 0.29) is 10.9 Å². The van der Waals surface area contributed by atoms with Gasteiger partial charge in [-0.25, -0.2) is 13.1 Å². The second kappa shape index (κ2) is 8.56. The van der Waals surface area contributed by atoms with Gasteiger partial charge >= 0.3 is 0 Å². The first kappa shape index (κ1) is 20.1. The summed E-state index contributed by atoms with van der Waals surface area (Å²) in [5.74, 6) is 1.24. The molecular formula is C20H17Br2NO3S. The van der Waals surface area contributed by atoms with Crippen molar-refractivity contribution >= 4 is 41.9 Å². The molecule has 0 aliphatic rings. The lowest BCUT2D eigenvalue weighted by Gasteiger charge is -2.15. The van der Waals surface area contributed by atoms with Crippen molar-refractivity contribution in [3.05, 3.63) is 87.3 Å². The SMILES string of the molecule is CC(NS(=O)(=O)c1ccc(Oc2ccc(Br)cc2)cc1)c1ccc(Br)cc1. The predicted molar refractivity (Wildman–Crippen MR) is 114 cm³/mol. The number of rotatable bonds is 6. The summed E-state index contributed by atoms with van der Waals surface area (Å²) < 4.78 is 35.6. The maximum absolute atomic E-state index is 12.6. The number of ether oxygens (including phenoxy) is 1. The van der Waals surface area contributed by atoms with Gasteiger partial charge in [-0.2, -0.15) is 0 Å². The molecule has 3 aromatic carbocycles. The monoisotopic (exact) mass is 509 g/mol. The molecule has 0 saturated carbocycles. The number of benzene rings is 3. The molecule has 27 heavy (non-hydrogen) atoms. The fourth-order valence-corrected chi connectivity index (χ4v) is 4.21. The van der Waals surface area contributed by atoms with Crippen LogP contribution in [0.1, 0.15) is 18.5 Å². The summed E-state index contributed by atoms with van der Waals surface area (Å²) in [5, 5.41) is 0. The van der Waals surface area contributed by atoms with Gasteiger partial charge in [0.05, 0.1) is 4.90 Å². The van der Waals surface area contributed by atoms with Crippen LogP contribution in [-0.2, 0) is 10.0 Å². The first-order valence-corrected chi connectivity index (χ1v) is 11.2. The molecule has 0 aliphatic heterocycles. The summed E-state index contributed by atoms with van der Waals surface area (Å²) in [6, 6.07) is 20.9. The zero-order valence-electron chi connectivity index (χ0n) is 14.4. The van der Waals surface area contributed by atoms with E-state index in [1.807, 2.05) is 55.5 Å². The van der Waals surface area contributed by atoms with Crippen molar-refractivity contribution in [3.63, 3.8) is 0 Å². The second-order valence-electron chi connectivity index (χ2n) is 5.92. The van der Waals surface area contributed by atoms with Crippen molar-refractivity contribution in [3.8, 4) is 11.5 Å². The first-order valence-electron chi connectivity index (χ1n) is 8.15. The Balaban J connectivity index is 1.71. The van der Waals surface area contributed by atoms with Crippen LogP contribution in [-0.4, -0.2) is 8.42 Å². The summed E-state index contributed by atoms with van der Waals surface area (Å²) in [6.45, 7) is 1.81. The lowest BCUT2D eigenvalue weighted by molar-refractivity contribution is 0.482. The molecule has 7 heteroatoms. The van der Waals surface area contributed by atoms with Crippen LogP contribution in [0.25, 0.3) is 0 Å². The van der Waals surface area contributed by atoms with Gasteiger partial charge in [0.2, 0.25) is 10.0 Å². The molecule has 0 saturated heterocycles. The van der Waals surface area contributed by atoms with E-state index in [0.29, 0.717) is 11.5 Å². The van der Waals surface area contributed by atoms with Crippen LogP contribution in [0.2, 0.25) is 0 Å².